The molecule has 1 rings (SSSR count). The summed E-state index contributed by atoms with van der Waals surface area (Å²) in [7, 11) is 0. The Balaban J connectivity index is 2.66. The third-order valence-electron chi connectivity index (χ3n) is 1.88. The van der Waals surface area contributed by atoms with Crippen molar-refractivity contribution in [2.75, 3.05) is 12.3 Å². The van der Waals surface area contributed by atoms with Crippen LogP contribution in [0.1, 0.15) is 32.0 Å². The van der Waals surface area contributed by atoms with Gasteiger partial charge in [0.2, 0.25) is 5.95 Å². The third kappa shape index (κ3) is 2.69. The molecule has 1 unspecified atom stereocenters. The minimum Gasteiger partial charge on any atom is -0.396 e. The number of aromatic nitrogens is 3. The lowest BCUT2D eigenvalue weighted by molar-refractivity contribution is 0.244. The predicted molar refractivity (Wildman–Crippen MR) is 50.1 cm³/mol. The number of aliphatic hydroxyl groups is 1. The average Bonchev–Trinajstić information content (AvgIpc) is 2.47. The zero-order valence-corrected chi connectivity index (χ0v) is 7.99. The van der Waals surface area contributed by atoms with Crippen LogP contribution in [0.3, 0.4) is 0 Å². The van der Waals surface area contributed by atoms with E-state index in [1.54, 1.807) is 0 Å². The van der Waals surface area contributed by atoms with E-state index >= 15 is 0 Å². The van der Waals surface area contributed by atoms with Crippen LogP contribution in [0.15, 0.2) is 0 Å². The van der Waals surface area contributed by atoms with Gasteiger partial charge in [-0.25, -0.2) is 0 Å². The number of anilines is 1. The van der Waals surface area contributed by atoms with Crippen molar-refractivity contribution >= 4 is 5.95 Å². The molecule has 4 N–H and O–H groups in total. The van der Waals surface area contributed by atoms with Crippen LogP contribution in [0.5, 0.6) is 0 Å². The normalized spacial score (nSPS) is 13.5. The number of rotatable bonds is 4. The molecule has 0 aliphatic heterocycles. The Kier molecular flexibility index (Phi) is 3.25. The highest BCUT2D eigenvalue weighted by Gasteiger charge is 2.15. The van der Waals surface area contributed by atoms with E-state index in [-0.39, 0.29) is 18.5 Å². The lowest BCUT2D eigenvalue weighted by Crippen LogP contribution is -2.09. The zero-order chi connectivity index (χ0) is 9.84. The number of aliphatic hydroxyl groups excluding tert-OH is 1. The zero-order valence-electron chi connectivity index (χ0n) is 7.99. The van der Waals surface area contributed by atoms with Crippen LogP contribution in [0.25, 0.3) is 0 Å². The van der Waals surface area contributed by atoms with Crippen LogP contribution in [-0.2, 0) is 0 Å². The van der Waals surface area contributed by atoms with E-state index in [2.05, 4.69) is 29.0 Å². The van der Waals surface area contributed by atoms with Gasteiger partial charge in [-0.05, 0) is 12.3 Å². The van der Waals surface area contributed by atoms with Gasteiger partial charge in [0.1, 0.15) is 5.82 Å². The van der Waals surface area contributed by atoms with Crippen molar-refractivity contribution < 1.29 is 5.11 Å². The summed E-state index contributed by atoms with van der Waals surface area (Å²) >= 11 is 0. The van der Waals surface area contributed by atoms with Gasteiger partial charge in [0, 0.05) is 5.92 Å². The van der Waals surface area contributed by atoms with Crippen LogP contribution in [0.4, 0.5) is 5.95 Å². The van der Waals surface area contributed by atoms with Gasteiger partial charge in [-0.3, -0.25) is 5.10 Å². The number of aromatic amines is 1. The molecule has 5 heteroatoms. The first kappa shape index (κ1) is 9.98. The van der Waals surface area contributed by atoms with Gasteiger partial charge in [-0.15, -0.1) is 5.10 Å². The number of hydrogen-bond acceptors (Lipinski definition) is 4. The molecule has 74 valence electrons. The van der Waals surface area contributed by atoms with Crippen LogP contribution < -0.4 is 5.73 Å². The molecule has 13 heavy (non-hydrogen) atoms. The molecule has 0 spiro atoms. The lowest BCUT2D eigenvalue weighted by Gasteiger charge is -2.12. The fourth-order valence-electron chi connectivity index (χ4n) is 1.31. The molecule has 0 radical (unpaired) electrons. The summed E-state index contributed by atoms with van der Waals surface area (Å²) in [5.41, 5.74) is 5.37. The highest BCUT2D eigenvalue weighted by molar-refractivity contribution is 5.14. The van der Waals surface area contributed by atoms with Crippen molar-refractivity contribution in [3.05, 3.63) is 5.82 Å². The van der Waals surface area contributed by atoms with E-state index < -0.39 is 0 Å². The summed E-state index contributed by atoms with van der Waals surface area (Å²) in [6.07, 6.45) is 0.880. The van der Waals surface area contributed by atoms with Crippen LogP contribution in [-0.4, -0.2) is 26.9 Å². The molecule has 0 bridgehead atoms. The number of nitrogen functional groups attached to an aromatic ring is 1. The molecule has 0 fully saturated rings. The van der Waals surface area contributed by atoms with Crippen molar-refractivity contribution in [1.82, 2.24) is 15.2 Å². The fraction of sp³-hybridized carbons (Fsp3) is 0.750. The molecular formula is C8H16N4O. The number of H-pyrrole nitrogens is 1. The van der Waals surface area contributed by atoms with Gasteiger partial charge in [0.05, 0.1) is 6.61 Å². The second kappa shape index (κ2) is 4.23. The molecule has 0 saturated heterocycles. The Morgan fingerprint density at radius 1 is 1.54 bits per heavy atom. The molecule has 1 heterocycles. The lowest BCUT2D eigenvalue weighted by atomic mass is 9.97. The minimum atomic E-state index is 0.0183. The molecule has 1 aromatic heterocycles. The summed E-state index contributed by atoms with van der Waals surface area (Å²) in [4.78, 5) is 3.99. The molecule has 0 saturated carbocycles. The van der Waals surface area contributed by atoms with Gasteiger partial charge in [-0.2, -0.15) is 4.98 Å². The number of nitrogens with two attached hydrogens (primary N) is 1. The molecular weight excluding hydrogens is 168 g/mol. The average molecular weight is 184 g/mol. The molecule has 1 atom stereocenters. The fourth-order valence-corrected chi connectivity index (χ4v) is 1.31. The van der Waals surface area contributed by atoms with E-state index in [0.29, 0.717) is 11.7 Å². The standard InChI is InChI=1S/C8H16N4O/c1-5(2)3-6(4-13)7-10-8(9)12-11-7/h5-6,13H,3-4H2,1-2H3,(H3,9,10,11,12). The molecule has 5 nitrogen and oxygen atoms in total. The summed E-state index contributed by atoms with van der Waals surface area (Å²) in [5, 5.41) is 15.5. The van der Waals surface area contributed by atoms with E-state index in [1.807, 2.05) is 0 Å². The maximum absolute atomic E-state index is 9.11. The molecule has 0 aliphatic rings. The van der Waals surface area contributed by atoms with E-state index in [0.717, 1.165) is 6.42 Å². The highest BCUT2D eigenvalue weighted by Crippen LogP contribution is 2.20. The first-order valence-corrected chi connectivity index (χ1v) is 4.42. The van der Waals surface area contributed by atoms with Crippen molar-refractivity contribution in [1.29, 1.82) is 0 Å². The second-order valence-corrected chi connectivity index (χ2v) is 3.59. The smallest absolute Gasteiger partial charge is 0.239 e. The molecule has 0 amide bonds. The maximum Gasteiger partial charge on any atom is 0.239 e. The first-order valence-electron chi connectivity index (χ1n) is 4.42. The molecule has 1 aromatic rings. The Hall–Kier alpha value is -1.10. The summed E-state index contributed by atoms with van der Waals surface area (Å²) in [6.45, 7) is 4.28. The maximum atomic E-state index is 9.11. The van der Waals surface area contributed by atoms with Gasteiger partial charge in [0.25, 0.3) is 0 Å². The monoisotopic (exact) mass is 184 g/mol. The predicted octanol–water partition coefficient (Wildman–Crippen LogP) is 0.509. The molecule has 0 aromatic carbocycles. The quantitative estimate of drug-likeness (QED) is 0.636. The van der Waals surface area contributed by atoms with E-state index in [1.165, 1.54) is 0 Å². The molecule has 0 aliphatic carbocycles. The Labute approximate surface area is 77.4 Å². The SMILES string of the molecule is CC(C)CC(CO)c1nc(N)n[nH]1. The van der Waals surface area contributed by atoms with Gasteiger partial charge in [-0.1, -0.05) is 13.8 Å². The first-order chi connectivity index (χ1) is 6.13. The number of hydrogen-bond donors (Lipinski definition) is 3. The Morgan fingerprint density at radius 2 is 2.23 bits per heavy atom. The topological polar surface area (TPSA) is 87.8 Å². The minimum absolute atomic E-state index is 0.0183. The number of nitrogens with one attached hydrogen (secondary N) is 1. The van der Waals surface area contributed by atoms with E-state index in [4.69, 9.17) is 10.8 Å². The summed E-state index contributed by atoms with van der Waals surface area (Å²) < 4.78 is 0. The number of nitrogens with zero attached hydrogens (tertiary/aromatic N) is 2. The second-order valence-electron chi connectivity index (χ2n) is 3.59. The van der Waals surface area contributed by atoms with Gasteiger partial charge >= 0.3 is 0 Å². The Bertz CT molecular complexity index is 258. The summed E-state index contributed by atoms with van der Waals surface area (Å²) in [5.74, 6) is 1.44. The van der Waals surface area contributed by atoms with Crippen LogP contribution in [0.2, 0.25) is 0 Å². The van der Waals surface area contributed by atoms with Gasteiger partial charge < -0.3 is 10.8 Å². The van der Waals surface area contributed by atoms with Crippen LogP contribution in [0, 0.1) is 5.92 Å². The summed E-state index contributed by atoms with van der Waals surface area (Å²) in [6, 6.07) is 0. The van der Waals surface area contributed by atoms with Crippen molar-refractivity contribution in [2.45, 2.75) is 26.2 Å². The van der Waals surface area contributed by atoms with E-state index in [9.17, 15) is 0 Å². The highest BCUT2D eigenvalue weighted by atomic mass is 16.3. The van der Waals surface area contributed by atoms with Crippen molar-refractivity contribution in [2.24, 2.45) is 5.92 Å². The van der Waals surface area contributed by atoms with Crippen LogP contribution >= 0.6 is 0 Å². The van der Waals surface area contributed by atoms with Crippen molar-refractivity contribution in [3.63, 3.8) is 0 Å². The van der Waals surface area contributed by atoms with Crippen molar-refractivity contribution in [3.8, 4) is 0 Å². The van der Waals surface area contributed by atoms with Gasteiger partial charge in [0.15, 0.2) is 0 Å². The largest absolute Gasteiger partial charge is 0.396 e. The Morgan fingerprint density at radius 3 is 2.62 bits per heavy atom. The third-order valence-corrected chi connectivity index (χ3v) is 1.88.